The molecule has 5 nitrogen and oxygen atoms in total. The minimum atomic E-state index is 0.141. The summed E-state index contributed by atoms with van der Waals surface area (Å²) in [6.07, 6.45) is 7.79. The van der Waals surface area contributed by atoms with Gasteiger partial charge in [-0.1, -0.05) is 30.3 Å². The van der Waals surface area contributed by atoms with E-state index in [2.05, 4.69) is 27.4 Å². The quantitative estimate of drug-likeness (QED) is 0.631. The van der Waals surface area contributed by atoms with Crippen molar-refractivity contribution >= 4 is 28.1 Å². The number of anilines is 2. The zero-order valence-electron chi connectivity index (χ0n) is 15.5. The zero-order chi connectivity index (χ0) is 18.9. The van der Waals surface area contributed by atoms with Crippen LogP contribution in [0.5, 0.6) is 5.75 Å². The first kappa shape index (κ1) is 17.4. The number of aromatic nitrogens is 2. The molecule has 3 aromatic rings. The van der Waals surface area contributed by atoms with Gasteiger partial charge in [-0.25, -0.2) is 9.97 Å². The summed E-state index contributed by atoms with van der Waals surface area (Å²) in [5.74, 6) is 1.56. The van der Waals surface area contributed by atoms with E-state index in [0.29, 0.717) is 23.1 Å². The molecule has 2 aliphatic rings. The van der Waals surface area contributed by atoms with Crippen LogP contribution in [0.25, 0.3) is 11.1 Å². The maximum atomic E-state index is 12.1. The lowest BCUT2D eigenvalue weighted by Crippen LogP contribution is -2.25. The third-order valence-electron chi connectivity index (χ3n) is 5.32. The van der Waals surface area contributed by atoms with Crippen molar-refractivity contribution in [1.29, 1.82) is 0 Å². The molecule has 0 radical (unpaired) electrons. The molecule has 1 fully saturated rings. The van der Waals surface area contributed by atoms with Gasteiger partial charge in [0.05, 0.1) is 6.10 Å². The van der Waals surface area contributed by atoms with Gasteiger partial charge in [0.1, 0.15) is 5.69 Å². The third kappa shape index (κ3) is 3.29. The number of fused-ring (bicyclic) bond motifs is 1. The fraction of sp³-hybridized carbons (Fsp3) is 0.318. The molecule has 0 unspecified atom stereocenters. The lowest BCUT2D eigenvalue weighted by molar-refractivity contribution is 0.0968. The van der Waals surface area contributed by atoms with E-state index in [1.54, 1.807) is 17.5 Å². The molecular weight excluding hydrogens is 370 g/mol. The van der Waals surface area contributed by atoms with Crippen LogP contribution in [0.15, 0.2) is 42.6 Å². The number of hydrogen-bond acceptors (Lipinski definition) is 6. The van der Waals surface area contributed by atoms with Gasteiger partial charge in [-0.05, 0) is 43.7 Å². The van der Waals surface area contributed by atoms with E-state index in [9.17, 15) is 4.79 Å². The van der Waals surface area contributed by atoms with Gasteiger partial charge in [-0.15, -0.1) is 11.3 Å². The van der Waals surface area contributed by atoms with E-state index >= 15 is 0 Å². The molecule has 6 heteroatoms. The lowest BCUT2D eigenvalue weighted by Gasteiger charge is -2.28. The van der Waals surface area contributed by atoms with Gasteiger partial charge in [0, 0.05) is 23.1 Å². The summed E-state index contributed by atoms with van der Waals surface area (Å²) in [4.78, 5) is 22.3. The second-order valence-corrected chi connectivity index (χ2v) is 8.35. The molecule has 0 saturated heterocycles. The van der Waals surface area contributed by atoms with Crippen molar-refractivity contribution in [1.82, 2.24) is 9.97 Å². The molecule has 0 atom stereocenters. The Hall–Kier alpha value is -2.73. The minimum absolute atomic E-state index is 0.141. The molecular formula is C22H21N3O2S. The second-order valence-electron chi connectivity index (χ2n) is 7.27. The Morgan fingerprint density at radius 1 is 1.07 bits per heavy atom. The van der Waals surface area contributed by atoms with Gasteiger partial charge >= 0.3 is 0 Å². The van der Waals surface area contributed by atoms with Crippen molar-refractivity contribution in [2.24, 2.45) is 0 Å². The molecule has 28 heavy (non-hydrogen) atoms. The third-order valence-corrected chi connectivity index (χ3v) is 6.35. The Morgan fingerprint density at radius 2 is 1.93 bits per heavy atom. The van der Waals surface area contributed by atoms with Gasteiger partial charge in [0.2, 0.25) is 0 Å². The summed E-state index contributed by atoms with van der Waals surface area (Å²) in [6, 6.07) is 12.2. The Kier molecular flexibility index (Phi) is 4.56. The molecule has 1 saturated carbocycles. The zero-order valence-corrected chi connectivity index (χ0v) is 16.3. The molecule has 2 aromatic heterocycles. The van der Waals surface area contributed by atoms with Gasteiger partial charge in [0.25, 0.3) is 0 Å². The van der Waals surface area contributed by atoms with Gasteiger partial charge in [0.15, 0.2) is 22.5 Å². The standard InChI is InChI=1S/C22H21N3O2S/c26-17-10-5-11-18-19(17)24-22(28-18)25-21-20(27-15-8-4-9-15)16(12-13-23-21)14-6-2-1-3-7-14/h1-3,6-7,12-13,15H,4-5,8-11H2,(H,23,24,25). The fourth-order valence-electron chi connectivity index (χ4n) is 3.58. The number of nitrogens with zero attached hydrogens (tertiary/aromatic N) is 2. The van der Waals surface area contributed by atoms with Crippen molar-refractivity contribution in [3.8, 4) is 16.9 Å². The van der Waals surface area contributed by atoms with Crippen LogP contribution in [0.2, 0.25) is 0 Å². The van der Waals surface area contributed by atoms with Crippen LogP contribution < -0.4 is 10.1 Å². The molecule has 2 heterocycles. The predicted octanol–water partition coefficient (Wildman–Crippen LogP) is 5.40. The van der Waals surface area contributed by atoms with Crippen molar-refractivity contribution < 1.29 is 9.53 Å². The van der Waals surface area contributed by atoms with Gasteiger partial charge in [-0.2, -0.15) is 0 Å². The maximum absolute atomic E-state index is 12.1. The monoisotopic (exact) mass is 391 g/mol. The van der Waals surface area contributed by atoms with Crippen molar-refractivity contribution in [3.63, 3.8) is 0 Å². The summed E-state index contributed by atoms with van der Waals surface area (Å²) in [7, 11) is 0. The highest BCUT2D eigenvalue weighted by atomic mass is 32.1. The number of Topliss-reactive ketones (excluding diaryl/α,β-unsaturated/α-hetero) is 1. The van der Waals surface area contributed by atoms with E-state index in [1.807, 2.05) is 24.3 Å². The number of benzene rings is 1. The SMILES string of the molecule is O=C1CCCc2sc(Nc3nccc(-c4ccccc4)c3OC3CCC3)nc21. The topological polar surface area (TPSA) is 64.1 Å². The van der Waals surface area contributed by atoms with Gasteiger partial charge < -0.3 is 10.1 Å². The number of ketones is 1. The predicted molar refractivity (Wildman–Crippen MR) is 111 cm³/mol. The Bertz CT molecular complexity index is 1010. The number of thiazole rings is 1. The number of hydrogen-bond donors (Lipinski definition) is 1. The Balaban J connectivity index is 1.52. The number of rotatable bonds is 5. The van der Waals surface area contributed by atoms with E-state index < -0.39 is 0 Å². The van der Waals surface area contributed by atoms with E-state index in [1.165, 1.54) is 6.42 Å². The van der Waals surface area contributed by atoms with Crippen LogP contribution in [-0.4, -0.2) is 21.9 Å². The van der Waals surface area contributed by atoms with Crippen molar-refractivity contribution in [2.45, 2.75) is 44.6 Å². The molecule has 2 aliphatic carbocycles. The minimum Gasteiger partial charge on any atom is -0.486 e. The Morgan fingerprint density at radius 3 is 2.68 bits per heavy atom. The number of carbonyl (C=O) groups is 1. The first-order valence-corrected chi connectivity index (χ1v) is 10.6. The average molecular weight is 391 g/mol. The molecule has 0 aliphatic heterocycles. The molecule has 142 valence electrons. The summed E-state index contributed by atoms with van der Waals surface area (Å²) in [5.41, 5.74) is 2.73. The average Bonchev–Trinajstić information content (AvgIpc) is 3.10. The number of ether oxygens (including phenoxy) is 1. The van der Waals surface area contributed by atoms with Gasteiger partial charge in [-0.3, -0.25) is 4.79 Å². The molecule has 0 amide bonds. The fourth-order valence-corrected chi connectivity index (χ4v) is 4.60. The lowest BCUT2D eigenvalue weighted by atomic mass is 9.96. The van der Waals surface area contributed by atoms with E-state index in [0.717, 1.165) is 47.4 Å². The first-order chi connectivity index (χ1) is 13.8. The highest BCUT2D eigenvalue weighted by Gasteiger charge is 2.25. The summed E-state index contributed by atoms with van der Waals surface area (Å²) >= 11 is 1.54. The molecule has 0 bridgehead atoms. The number of nitrogens with one attached hydrogen (secondary N) is 1. The number of aryl methyl sites for hydroxylation is 1. The summed E-state index contributed by atoms with van der Waals surface area (Å²) < 4.78 is 6.35. The van der Waals surface area contributed by atoms with Crippen LogP contribution in [0, 0.1) is 0 Å². The Labute approximate surface area is 167 Å². The summed E-state index contributed by atoms with van der Waals surface area (Å²) in [5, 5.41) is 4.04. The number of carbonyl (C=O) groups excluding carboxylic acids is 1. The van der Waals surface area contributed by atoms with Crippen molar-refractivity contribution in [3.05, 3.63) is 53.2 Å². The van der Waals surface area contributed by atoms with Crippen LogP contribution in [0.1, 0.15) is 47.5 Å². The molecule has 0 spiro atoms. The molecule has 1 N–H and O–H groups in total. The van der Waals surface area contributed by atoms with E-state index in [4.69, 9.17) is 4.74 Å². The summed E-state index contributed by atoms with van der Waals surface area (Å²) in [6.45, 7) is 0. The number of pyridine rings is 1. The first-order valence-electron chi connectivity index (χ1n) is 9.79. The highest BCUT2D eigenvalue weighted by molar-refractivity contribution is 7.16. The largest absolute Gasteiger partial charge is 0.486 e. The maximum Gasteiger partial charge on any atom is 0.189 e. The van der Waals surface area contributed by atoms with E-state index in [-0.39, 0.29) is 11.9 Å². The highest BCUT2D eigenvalue weighted by Crippen LogP contribution is 2.40. The molecule has 1 aromatic carbocycles. The van der Waals surface area contributed by atoms with Crippen molar-refractivity contribution in [2.75, 3.05) is 5.32 Å². The van der Waals surface area contributed by atoms with Crippen LogP contribution in [0.4, 0.5) is 10.9 Å². The van der Waals surface area contributed by atoms with Crippen LogP contribution in [0.3, 0.4) is 0 Å². The van der Waals surface area contributed by atoms with Crippen LogP contribution >= 0.6 is 11.3 Å². The second kappa shape index (κ2) is 7.36. The van der Waals surface area contributed by atoms with Crippen LogP contribution in [-0.2, 0) is 6.42 Å². The normalized spacial score (nSPS) is 16.4. The smallest absolute Gasteiger partial charge is 0.189 e. The molecule has 5 rings (SSSR count).